The fraction of sp³-hybridized carbons (Fsp3) is 0.583. The van der Waals surface area contributed by atoms with Crippen LogP contribution in [0.2, 0.25) is 0 Å². The van der Waals surface area contributed by atoms with Crippen molar-refractivity contribution in [2.75, 3.05) is 13.1 Å². The van der Waals surface area contributed by atoms with Crippen LogP contribution in [0.1, 0.15) is 37.6 Å². The minimum atomic E-state index is -0.747. The number of hydrogen-bond donors (Lipinski definition) is 1. The Hall–Kier alpha value is -0.870. The monoisotopic (exact) mass is 241 g/mol. The average molecular weight is 241 g/mol. The van der Waals surface area contributed by atoms with Crippen LogP contribution in [-0.2, 0) is 4.79 Å². The summed E-state index contributed by atoms with van der Waals surface area (Å²) in [6.07, 6.45) is 1.93. The predicted molar refractivity (Wildman–Crippen MR) is 66.9 cm³/mol. The van der Waals surface area contributed by atoms with Crippen LogP contribution in [0.3, 0.4) is 0 Å². The Morgan fingerprint density at radius 3 is 2.75 bits per heavy atom. The van der Waals surface area contributed by atoms with Crippen LogP contribution >= 0.6 is 11.3 Å². The molecule has 0 spiro atoms. The summed E-state index contributed by atoms with van der Waals surface area (Å²) in [6, 6.07) is 4.35. The highest BCUT2D eigenvalue weighted by Gasteiger charge is 2.20. The molecule has 0 aliphatic carbocycles. The number of nitrogens with zero attached hydrogens (tertiary/aromatic N) is 1. The molecule has 0 aliphatic heterocycles. The lowest BCUT2D eigenvalue weighted by Crippen LogP contribution is -2.33. The molecule has 0 saturated heterocycles. The quantitative estimate of drug-likeness (QED) is 0.797. The van der Waals surface area contributed by atoms with E-state index < -0.39 is 5.97 Å². The van der Waals surface area contributed by atoms with Gasteiger partial charge in [-0.05, 0) is 30.8 Å². The topological polar surface area (TPSA) is 40.5 Å². The second-order valence-corrected chi connectivity index (χ2v) is 4.78. The molecule has 1 atom stereocenters. The summed E-state index contributed by atoms with van der Waals surface area (Å²) in [5.41, 5.74) is 0. The van der Waals surface area contributed by atoms with Gasteiger partial charge in [-0.15, -0.1) is 11.3 Å². The molecular formula is C12H19NO2S. The molecule has 1 unspecified atom stereocenters. The van der Waals surface area contributed by atoms with E-state index in [1.807, 2.05) is 16.3 Å². The number of hydrogen-bond acceptors (Lipinski definition) is 3. The van der Waals surface area contributed by atoms with Crippen LogP contribution in [0.15, 0.2) is 17.5 Å². The number of carboxylic acid groups (broad SMARTS) is 1. The summed E-state index contributed by atoms with van der Waals surface area (Å²) >= 11 is 1.70. The first-order chi connectivity index (χ1) is 7.69. The van der Waals surface area contributed by atoms with Gasteiger partial charge in [-0.3, -0.25) is 9.69 Å². The average Bonchev–Trinajstić information content (AvgIpc) is 2.71. The zero-order valence-corrected chi connectivity index (χ0v) is 10.7. The van der Waals surface area contributed by atoms with Crippen LogP contribution in [0.4, 0.5) is 0 Å². The zero-order valence-electron chi connectivity index (χ0n) is 9.85. The van der Waals surface area contributed by atoms with E-state index in [0.717, 1.165) is 19.4 Å². The third-order valence-electron chi connectivity index (χ3n) is 2.55. The van der Waals surface area contributed by atoms with Gasteiger partial charge < -0.3 is 5.11 Å². The van der Waals surface area contributed by atoms with E-state index >= 15 is 0 Å². The van der Waals surface area contributed by atoms with E-state index in [2.05, 4.69) is 19.9 Å². The summed E-state index contributed by atoms with van der Waals surface area (Å²) < 4.78 is 0. The maximum Gasteiger partial charge on any atom is 0.317 e. The van der Waals surface area contributed by atoms with Crippen LogP contribution in [0.25, 0.3) is 0 Å². The molecule has 0 amide bonds. The molecular weight excluding hydrogens is 222 g/mol. The predicted octanol–water partition coefficient (Wildman–Crippen LogP) is 3.00. The third kappa shape index (κ3) is 3.61. The maximum atomic E-state index is 10.8. The van der Waals surface area contributed by atoms with Gasteiger partial charge in [-0.25, -0.2) is 0 Å². The van der Waals surface area contributed by atoms with Gasteiger partial charge in [0, 0.05) is 10.9 Å². The fourth-order valence-corrected chi connectivity index (χ4v) is 2.87. The molecule has 4 heteroatoms. The highest BCUT2D eigenvalue weighted by molar-refractivity contribution is 7.10. The van der Waals surface area contributed by atoms with Crippen molar-refractivity contribution in [2.24, 2.45) is 0 Å². The summed E-state index contributed by atoms with van der Waals surface area (Å²) in [5.74, 6) is -0.747. The first-order valence-electron chi connectivity index (χ1n) is 5.68. The Labute approximate surface area is 101 Å². The minimum Gasteiger partial charge on any atom is -0.480 e. The molecule has 1 N–H and O–H groups in total. The van der Waals surface area contributed by atoms with Gasteiger partial charge >= 0.3 is 5.97 Å². The van der Waals surface area contributed by atoms with Crippen molar-refractivity contribution >= 4 is 17.3 Å². The standard InChI is InChI=1S/C12H19NO2S/c1-3-7-13(9-12(14)15)10(4-2)11-6-5-8-16-11/h5-6,8,10H,3-4,7,9H2,1-2H3,(H,14,15). The first kappa shape index (κ1) is 13.2. The molecule has 90 valence electrons. The Balaban J connectivity index is 2.76. The number of rotatable bonds is 7. The van der Waals surface area contributed by atoms with Crippen LogP contribution < -0.4 is 0 Å². The van der Waals surface area contributed by atoms with Crippen molar-refractivity contribution in [1.82, 2.24) is 4.90 Å². The Kier molecular flexibility index (Phi) is 5.49. The molecule has 0 aromatic carbocycles. The lowest BCUT2D eigenvalue weighted by atomic mass is 10.1. The van der Waals surface area contributed by atoms with Gasteiger partial charge in [-0.2, -0.15) is 0 Å². The van der Waals surface area contributed by atoms with E-state index in [1.165, 1.54) is 4.88 Å². The summed E-state index contributed by atoms with van der Waals surface area (Å²) in [4.78, 5) is 14.1. The molecule has 1 heterocycles. The maximum absolute atomic E-state index is 10.8. The van der Waals surface area contributed by atoms with Crippen molar-refractivity contribution in [3.05, 3.63) is 22.4 Å². The van der Waals surface area contributed by atoms with Gasteiger partial charge in [0.05, 0.1) is 6.54 Å². The van der Waals surface area contributed by atoms with E-state index in [0.29, 0.717) is 0 Å². The van der Waals surface area contributed by atoms with Crippen LogP contribution in [0.5, 0.6) is 0 Å². The number of aliphatic carboxylic acids is 1. The van der Waals surface area contributed by atoms with Crippen LogP contribution in [-0.4, -0.2) is 29.1 Å². The van der Waals surface area contributed by atoms with Crippen molar-refractivity contribution in [2.45, 2.75) is 32.7 Å². The Morgan fingerprint density at radius 1 is 1.56 bits per heavy atom. The van der Waals surface area contributed by atoms with Gasteiger partial charge in [0.25, 0.3) is 0 Å². The van der Waals surface area contributed by atoms with E-state index in [1.54, 1.807) is 11.3 Å². The van der Waals surface area contributed by atoms with Crippen molar-refractivity contribution < 1.29 is 9.90 Å². The summed E-state index contributed by atoms with van der Waals surface area (Å²) in [7, 11) is 0. The SMILES string of the molecule is CCCN(CC(=O)O)C(CC)c1cccs1. The summed E-state index contributed by atoms with van der Waals surface area (Å²) in [5, 5.41) is 11.0. The van der Waals surface area contributed by atoms with E-state index in [4.69, 9.17) is 5.11 Å². The minimum absolute atomic E-state index is 0.129. The zero-order chi connectivity index (χ0) is 12.0. The molecule has 1 rings (SSSR count). The number of carboxylic acids is 1. The smallest absolute Gasteiger partial charge is 0.317 e. The molecule has 0 fully saturated rings. The lowest BCUT2D eigenvalue weighted by Gasteiger charge is -2.28. The van der Waals surface area contributed by atoms with Gasteiger partial charge in [-0.1, -0.05) is 19.9 Å². The van der Waals surface area contributed by atoms with Gasteiger partial charge in [0.2, 0.25) is 0 Å². The van der Waals surface area contributed by atoms with Crippen molar-refractivity contribution in [1.29, 1.82) is 0 Å². The second-order valence-electron chi connectivity index (χ2n) is 3.80. The first-order valence-corrected chi connectivity index (χ1v) is 6.56. The Morgan fingerprint density at radius 2 is 2.31 bits per heavy atom. The fourth-order valence-electron chi connectivity index (χ4n) is 1.93. The second kappa shape index (κ2) is 6.66. The number of thiophene rings is 1. The molecule has 0 radical (unpaired) electrons. The normalized spacial score (nSPS) is 12.9. The Bertz CT molecular complexity index is 311. The van der Waals surface area contributed by atoms with E-state index in [9.17, 15) is 4.79 Å². The third-order valence-corrected chi connectivity index (χ3v) is 3.52. The molecule has 0 bridgehead atoms. The molecule has 1 aromatic heterocycles. The highest BCUT2D eigenvalue weighted by Crippen LogP contribution is 2.27. The molecule has 16 heavy (non-hydrogen) atoms. The lowest BCUT2D eigenvalue weighted by molar-refractivity contribution is -0.139. The molecule has 3 nitrogen and oxygen atoms in total. The van der Waals surface area contributed by atoms with Crippen LogP contribution in [0, 0.1) is 0 Å². The highest BCUT2D eigenvalue weighted by atomic mass is 32.1. The number of carbonyl (C=O) groups is 1. The van der Waals surface area contributed by atoms with Gasteiger partial charge in [0.15, 0.2) is 0 Å². The molecule has 0 aliphatic rings. The molecule has 1 aromatic rings. The summed E-state index contributed by atoms with van der Waals surface area (Å²) in [6.45, 7) is 5.15. The van der Waals surface area contributed by atoms with Crippen molar-refractivity contribution in [3.63, 3.8) is 0 Å². The van der Waals surface area contributed by atoms with Gasteiger partial charge in [0.1, 0.15) is 0 Å². The largest absolute Gasteiger partial charge is 0.480 e. The van der Waals surface area contributed by atoms with Crippen molar-refractivity contribution in [3.8, 4) is 0 Å². The molecule has 0 saturated carbocycles. The van der Waals surface area contributed by atoms with E-state index in [-0.39, 0.29) is 12.6 Å².